The van der Waals surface area contributed by atoms with Crippen molar-refractivity contribution in [3.8, 4) is 0 Å². The summed E-state index contributed by atoms with van der Waals surface area (Å²) in [6.07, 6.45) is 5.51. The lowest BCUT2D eigenvalue weighted by atomic mass is 9.88. The molecule has 1 aliphatic carbocycles. The van der Waals surface area contributed by atoms with Crippen LogP contribution < -0.4 is 9.62 Å². The topological polar surface area (TPSA) is 66.5 Å². The molecule has 1 amide bonds. The Kier molecular flexibility index (Phi) is 6.84. The predicted octanol–water partition coefficient (Wildman–Crippen LogP) is 5.27. The first-order valence-corrected chi connectivity index (χ1v) is 12.9. The Hall–Kier alpha value is -3.12. The van der Waals surface area contributed by atoms with Gasteiger partial charge < -0.3 is 5.32 Å². The Bertz CT molecular complexity index is 1220. The van der Waals surface area contributed by atoms with Gasteiger partial charge in [-0.05, 0) is 85.2 Å². The van der Waals surface area contributed by atoms with Gasteiger partial charge in [-0.3, -0.25) is 9.10 Å². The van der Waals surface area contributed by atoms with Crippen LogP contribution in [0.15, 0.2) is 77.7 Å². The zero-order valence-corrected chi connectivity index (χ0v) is 19.9. The number of hydrogen-bond acceptors (Lipinski definition) is 3. The van der Waals surface area contributed by atoms with E-state index in [1.54, 1.807) is 54.6 Å². The number of nitrogens with zero attached hydrogens (tertiary/aromatic N) is 1. The first-order chi connectivity index (χ1) is 15.9. The van der Waals surface area contributed by atoms with E-state index < -0.39 is 10.0 Å². The SMILES string of the molecule is CC[C@@H](NC(=O)c1ccc(N(C)S(=O)(=O)c2ccccc2)cc1)c1ccc2c(c1)CCCC2. The molecule has 33 heavy (non-hydrogen) atoms. The molecule has 6 heteroatoms. The van der Waals surface area contributed by atoms with Crippen molar-refractivity contribution in [2.45, 2.75) is 50.0 Å². The Labute approximate surface area is 196 Å². The van der Waals surface area contributed by atoms with Crippen molar-refractivity contribution >= 4 is 21.6 Å². The van der Waals surface area contributed by atoms with E-state index in [-0.39, 0.29) is 16.8 Å². The molecule has 1 aliphatic rings. The third-order valence-electron chi connectivity index (χ3n) is 6.38. The number of carbonyl (C=O) groups excluding carboxylic acids is 1. The maximum atomic E-state index is 12.9. The van der Waals surface area contributed by atoms with E-state index in [0.717, 1.165) is 24.8 Å². The number of carbonyl (C=O) groups is 1. The van der Waals surface area contributed by atoms with Crippen LogP contribution in [0.5, 0.6) is 0 Å². The number of aryl methyl sites for hydroxylation is 2. The molecule has 0 fully saturated rings. The summed E-state index contributed by atoms with van der Waals surface area (Å²) in [5.74, 6) is -0.167. The van der Waals surface area contributed by atoms with Gasteiger partial charge in [0.15, 0.2) is 0 Å². The normalized spacial score (nSPS) is 14.2. The summed E-state index contributed by atoms with van der Waals surface area (Å²) in [6, 6.07) is 21.5. The number of benzene rings is 3. The largest absolute Gasteiger partial charge is 0.345 e. The van der Waals surface area contributed by atoms with Gasteiger partial charge in [0, 0.05) is 12.6 Å². The third kappa shape index (κ3) is 4.96. The van der Waals surface area contributed by atoms with Crippen LogP contribution in [0.2, 0.25) is 0 Å². The summed E-state index contributed by atoms with van der Waals surface area (Å²) in [6.45, 7) is 2.07. The monoisotopic (exact) mass is 462 g/mol. The molecule has 4 rings (SSSR count). The molecule has 0 radical (unpaired) electrons. The van der Waals surface area contributed by atoms with Gasteiger partial charge in [0.25, 0.3) is 15.9 Å². The lowest BCUT2D eigenvalue weighted by molar-refractivity contribution is 0.0935. The number of hydrogen-bond donors (Lipinski definition) is 1. The van der Waals surface area contributed by atoms with E-state index in [4.69, 9.17) is 0 Å². The predicted molar refractivity (Wildman–Crippen MR) is 132 cm³/mol. The quantitative estimate of drug-likeness (QED) is 0.520. The molecule has 1 N–H and O–H groups in total. The molecule has 5 nitrogen and oxygen atoms in total. The first kappa shape index (κ1) is 23.1. The molecular weight excluding hydrogens is 432 g/mol. The van der Waals surface area contributed by atoms with E-state index in [0.29, 0.717) is 11.3 Å². The standard InChI is InChI=1S/C27H30N2O3S/c1-3-26(23-14-13-20-9-7-8-10-22(20)19-23)28-27(30)21-15-17-24(18-16-21)29(2)33(31,32)25-11-5-4-6-12-25/h4-6,11-19,26H,3,7-10H2,1-2H3,(H,28,30)/t26-/m1/s1. The van der Waals surface area contributed by atoms with E-state index in [2.05, 4.69) is 30.4 Å². The van der Waals surface area contributed by atoms with Gasteiger partial charge in [0.2, 0.25) is 0 Å². The zero-order valence-electron chi connectivity index (χ0n) is 19.1. The highest BCUT2D eigenvalue weighted by molar-refractivity contribution is 7.92. The molecule has 0 saturated carbocycles. The molecule has 0 saturated heterocycles. The molecule has 172 valence electrons. The summed E-state index contributed by atoms with van der Waals surface area (Å²) >= 11 is 0. The number of fused-ring (bicyclic) bond motifs is 1. The van der Waals surface area contributed by atoms with Crippen LogP contribution in [0.3, 0.4) is 0 Å². The minimum atomic E-state index is -3.66. The summed E-state index contributed by atoms with van der Waals surface area (Å²) in [4.78, 5) is 13.2. The second-order valence-electron chi connectivity index (χ2n) is 8.50. The second kappa shape index (κ2) is 9.79. The van der Waals surface area contributed by atoms with Crippen molar-refractivity contribution in [3.05, 3.63) is 95.1 Å². The Morgan fingerprint density at radius 3 is 2.27 bits per heavy atom. The van der Waals surface area contributed by atoms with Crippen LogP contribution >= 0.6 is 0 Å². The van der Waals surface area contributed by atoms with Crippen molar-refractivity contribution in [1.29, 1.82) is 0 Å². The third-order valence-corrected chi connectivity index (χ3v) is 8.18. The van der Waals surface area contributed by atoms with Crippen LogP contribution in [0.25, 0.3) is 0 Å². The van der Waals surface area contributed by atoms with Crippen molar-refractivity contribution < 1.29 is 13.2 Å². The fourth-order valence-corrected chi connectivity index (χ4v) is 5.56. The van der Waals surface area contributed by atoms with E-state index in [1.807, 2.05) is 0 Å². The first-order valence-electron chi connectivity index (χ1n) is 11.5. The van der Waals surface area contributed by atoms with Gasteiger partial charge in [-0.2, -0.15) is 0 Å². The number of anilines is 1. The molecular formula is C27H30N2O3S. The van der Waals surface area contributed by atoms with Crippen LogP contribution in [0.4, 0.5) is 5.69 Å². The fourth-order valence-electron chi connectivity index (χ4n) is 4.34. The summed E-state index contributed by atoms with van der Waals surface area (Å²) in [5, 5.41) is 3.14. The van der Waals surface area contributed by atoms with Crippen LogP contribution in [0.1, 0.15) is 59.3 Å². The smallest absolute Gasteiger partial charge is 0.264 e. The average Bonchev–Trinajstić information content (AvgIpc) is 2.87. The summed E-state index contributed by atoms with van der Waals surface area (Å²) < 4.78 is 26.9. The highest BCUT2D eigenvalue weighted by Crippen LogP contribution is 2.27. The Balaban J connectivity index is 1.48. The zero-order chi connectivity index (χ0) is 23.4. The lowest BCUT2D eigenvalue weighted by Gasteiger charge is -2.22. The van der Waals surface area contributed by atoms with Crippen molar-refractivity contribution in [2.75, 3.05) is 11.4 Å². The van der Waals surface area contributed by atoms with Gasteiger partial charge in [-0.25, -0.2) is 8.42 Å². The van der Waals surface area contributed by atoms with E-state index >= 15 is 0 Å². The van der Waals surface area contributed by atoms with Crippen LogP contribution in [0, 0.1) is 0 Å². The van der Waals surface area contributed by atoms with Crippen molar-refractivity contribution in [3.63, 3.8) is 0 Å². The average molecular weight is 463 g/mol. The van der Waals surface area contributed by atoms with Crippen LogP contribution in [-0.2, 0) is 22.9 Å². The molecule has 0 spiro atoms. The maximum Gasteiger partial charge on any atom is 0.264 e. The molecule has 3 aromatic rings. The summed E-state index contributed by atoms with van der Waals surface area (Å²) in [5.41, 5.74) is 4.96. The van der Waals surface area contributed by atoms with Gasteiger partial charge in [-0.1, -0.05) is 43.3 Å². The van der Waals surface area contributed by atoms with Gasteiger partial charge in [0.05, 0.1) is 16.6 Å². The number of nitrogens with one attached hydrogen (secondary N) is 1. The van der Waals surface area contributed by atoms with Crippen molar-refractivity contribution in [2.24, 2.45) is 0 Å². The molecule has 3 aromatic carbocycles. The summed E-state index contributed by atoms with van der Waals surface area (Å²) in [7, 11) is -2.14. The van der Waals surface area contributed by atoms with Crippen molar-refractivity contribution in [1.82, 2.24) is 5.32 Å². The van der Waals surface area contributed by atoms with E-state index in [9.17, 15) is 13.2 Å². The molecule has 0 heterocycles. The van der Waals surface area contributed by atoms with Gasteiger partial charge in [-0.15, -0.1) is 0 Å². The minimum absolute atomic E-state index is 0.0643. The highest BCUT2D eigenvalue weighted by atomic mass is 32.2. The van der Waals surface area contributed by atoms with Crippen LogP contribution in [-0.4, -0.2) is 21.4 Å². The van der Waals surface area contributed by atoms with Gasteiger partial charge in [0.1, 0.15) is 0 Å². The molecule has 0 aliphatic heterocycles. The number of sulfonamides is 1. The highest BCUT2D eigenvalue weighted by Gasteiger charge is 2.22. The molecule has 0 bridgehead atoms. The van der Waals surface area contributed by atoms with Gasteiger partial charge >= 0.3 is 0 Å². The second-order valence-corrected chi connectivity index (χ2v) is 10.5. The number of amides is 1. The lowest BCUT2D eigenvalue weighted by Crippen LogP contribution is -2.29. The van der Waals surface area contributed by atoms with E-state index in [1.165, 1.54) is 35.3 Å². The fraction of sp³-hybridized carbons (Fsp3) is 0.296. The molecule has 0 unspecified atom stereocenters. The number of rotatable bonds is 7. The maximum absolute atomic E-state index is 12.9. The Morgan fingerprint density at radius 2 is 1.61 bits per heavy atom. The molecule has 0 aromatic heterocycles. The Morgan fingerprint density at radius 1 is 0.939 bits per heavy atom. The minimum Gasteiger partial charge on any atom is -0.345 e. The molecule has 1 atom stereocenters.